The number of rotatable bonds is 8. The number of thioether (sulfide) groups is 1. The van der Waals surface area contributed by atoms with Crippen LogP contribution in [0.5, 0.6) is 0 Å². The van der Waals surface area contributed by atoms with Gasteiger partial charge in [-0.25, -0.2) is 9.69 Å². The van der Waals surface area contributed by atoms with Crippen molar-refractivity contribution in [3.05, 3.63) is 103 Å². The van der Waals surface area contributed by atoms with Crippen molar-refractivity contribution in [3.63, 3.8) is 0 Å². The lowest BCUT2D eigenvalue weighted by atomic mass is 9.87. The molecule has 1 saturated heterocycles. The minimum Gasteiger partial charge on any atom is -0.469 e. The van der Waals surface area contributed by atoms with E-state index in [1.54, 1.807) is 19.1 Å². The Hall–Kier alpha value is -5.02. The quantitative estimate of drug-likeness (QED) is 0.129. The number of nitrogens with zero attached hydrogens (tertiary/aromatic N) is 3. The van der Waals surface area contributed by atoms with Crippen molar-refractivity contribution in [3.8, 4) is 0 Å². The van der Waals surface area contributed by atoms with Crippen LogP contribution in [0.1, 0.15) is 33.8 Å². The fourth-order valence-corrected chi connectivity index (χ4v) is 8.01. The van der Waals surface area contributed by atoms with E-state index in [0.717, 1.165) is 28.0 Å². The maximum Gasteiger partial charge on any atom is 0.338 e. The molecule has 0 bridgehead atoms. The van der Waals surface area contributed by atoms with Crippen LogP contribution < -0.4 is 15.1 Å². The van der Waals surface area contributed by atoms with Crippen LogP contribution in [0.3, 0.4) is 0 Å². The molecule has 3 amide bonds. The smallest absolute Gasteiger partial charge is 0.338 e. The number of esters is 1. The molecule has 1 fully saturated rings. The number of non-ortho nitro benzene ring substituents is 1. The van der Waals surface area contributed by atoms with E-state index in [0.29, 0.717) is 26.9 Å². The third kappa shape index (κ3) is 5.09. The van der Waals surface area contributed by atoms with E-state index in [1.165, 1.54) is 59.4 Å². The van der Waals surface area contributed by atoms with Crippen LogP contribution in [-0.2, 0) is 25.7 Å². The predicted molar refractivity (Wildman–Crippen MR) is 159 cm³/mol. The summed E-state index contributed by atoms with van der Waals surface area (Å²) in [5, 5.41) is 13.2. The number of aromatic nitrogens is 1. The number of fused-ring (bicyclic) bond motifs is 2. The minimum atomic E-state index is -0.945. The van der Waals surface area contributed by atoms with Gasteiger partial charge in [-0.2, -0.15) is 0 Å². The summed E-state index contributed by atoms with van der Waals surface area (Å²) in [6, 6.07) is 14.5. The van der Waals surface area contributed by atoms with E-state index in [2.05, 4.69) is 5.32 Å². The second-order valence-electron chi connectivity index (χ2n) is 9.81. The average molecular weight is 635 g/mol. The van der Waals surface area contributed by atoms with Gasteiger partial charge in [-0.3, -0.25) is 33.9 Å². The molecule has 0 radical (unpaired) electrons. The Morgan fingerprint density at radius 1 is 1.05 bits per heavy atom. The van der Waals surface area contributed by atoms with E-state index < -0.39 is 50.6 Å². The third-order valence-electron chi connectivity index (χ3n) is 7.20. The minimum absolute atomic E-state index is 0.187. The number of nitro groups is 1. The highest BCUT2D eigenvalue weighted by Gasteiger charge is 2.57. The molecular weight excluding hydrogens is 612 g/mol. The fourth-order valence-electron chi connectivity index (χ4n) is 5.26. The van der Waals surface area contributed by atoms with E-state index >= 15 is 0 Å². The number of imide groups is 1. The monoisotopic (exact) mass is 634 g/mol. The lowest BCUT2D eigenvalue weighted by Crippen LogP contribution is -2.32. The molecule has 4 heterocycles. The SMILES string of the molecule is CCOC(=O)c1ccc(NC(=O)Cn2c3c(sc2=O)[C@@H](c2ccco2)[C@@H]2C(=O)N(c4ccc([N+](=O)[O-])cc4)C(=O)[C@@H]2S3)cc1. The van der Waals surface area contributed by atoms with Gasteiger partial charge in [-0.05, 0) is 55.5 Å². The maximum absolute atomic E-state index is 13.8. The number of carbonyl (C=O) groups excluding carboxylic acids is 4. The number of thiazole rings is 1. The van der Waals surface area contributed by atoms with Crippen LogP contribution in [0, 0.1) is 16.0 Å². The summed E-state index contributed by atoms with van der Waals surface area (Å²) in [5.41, 5.74) is 0.721. The van der Waals surface area contributed by atoms with Crippen LogP contribution >= 0.6 is 23.1 Å². The molecule has 2 aliphatic heterocycles. The molecule has 0 saturated carbocycles. The van der Waals surface area contributed by atoms with Gasteiger partial charge in [0.1, 0.15) is 17.6 Å². The van der Waals surface area contributed by atoms with E-state index in [-0.39, 0.29) is 24.5 Å². The van der Waals surface area contributed by atoms with Gasteiger partial charge in [0.15, 0.2) is 0 Å². The lowest BCUT2D eigenvalue weighted by molar-refractivity contribution is -0.384. The van der Waals surface area contributed by atoms with Crippen molar-refractivity contribution in [2.75, 3.05) is 16.8 Å². The molecule has 15 heteroatoms. The summed E-state index contributed by atoms with van der Waals surface area (Å²) >= 11 is 1.91. The Labute approximate surface area is 256 Å². The highest BCUT2D eigenvalue weighted by Crippen LogP contribution is 2.54. The van der Waals surface area contributed by atoms with Crippen molar-refractivity contribution in [2.24, 2.45) is 5.92 Å². The zero-order valence-electron chi connectivity index (χ0n) is 22.8. The number of anilines is 2. The molecular formula is C29H22N4O9S2. The summed E-state index contributed by atoms with van der Waals surface area (Å²) in [5.74, 6) is -3.39. The van der Waals surface area contributed by atoms with E-state index in [4.69, 9.17) is 9.15 Å². The molecule has 0 unspecified atom stereocenters. The van der Waals surface area contributed by atoms with Crippen LogP contribution in [0.4, 0.5) is 17.1 Å². The Kier molecular flexibility index (Phi) is 7.65. The summed E-state index contributed by atoms with van der Waals surface area (Å²) in [7, 11) is 0. The molecule has 6 rings (SSSR count). The number of carbonyl (C=O) groups is 4. The summed E-state index contributed by atoms with van der Waals surface area (Å²) in [4.78, 5) is 77.3. The van der Waals surface area contributed by atoms with Gasteiger partial charge in [0.05, 0.1) is 50.8 Å². The van der Waals surface area contributed by atoms with Gasteiger partial charge in [0.2, 0.25) is 17.7 Å². The van der Waals surface area contributed by atoms with Crippen molar-refractivity contribution in [1.82, 2.24) is 4.57 Å². The molecule has 0 aliphatic carbocycles. The Morgan fingerprint density at radius 3 is 2.41 bits per heavy atom. The van der Waals surface area contributed by atoms with Gasteiger partial charge in [-0.1, -0.05) is 23.1 Å². The first kappa shape index (κ1) is 29.1. The number of nitro benzene ring substituents is 1. The first-order valence-electron chi connectivity index (χ1n) is 13.3. The Balaban J connectivity index is 1.30. The van der Waals surface area contributed by atoms with E-state index in [1.807, 2.05) is 0 Å². The molecule has 224 valence electrons. The number of furan rings is 1. The summed E-state index contributed by atoms with van der Waals surface area (Å²) in [6.45, 7) is 1.56. The molecule has 2 aromatic carbocycles. The standard InChI is InChI=1S/C29H22N4O9S2/c1-2-41-28(37)15-5-7-16(8-6-15)30-20(34)14-31-27-24(44-29(31)38)21(19-4-3-13-42-19)22-23(43-27)26(36)32(25(22)35)17-9-11-18(12-10-17)33(39)40/h3-13,21-23H,2,14H2,1H3,(H,30,34)/t21-,22-,23+/m0/s1. The number of hydrogen-bond donors (Lipinski definition) is 1. The third-order valence-corrected chi connectivity index (χ3v) is 9.80. The number of ether oxygens (including phenoxy) is 1. The summed E-state index contributed by atoms with van der Waals surface area (Å²) < 4.78 is 11.9. The van der Waals surface area contributed by atoms with Crippen molar-refractivity contribution >= 4 is 63.9 Å². The first-order chi connectivity index (χ1) is 21.2. The molecule has 13 nitrogen and oxygen atoms in total. The highest BCUT2D eigenvalue weighted by molar-refractivity contribution is 8.00. The van der Waals surface area contributed by atoms with Crippen LogP contribution in [0.15, 0.2) is 81.2 Å². The molecule has 1 N–H and O–H groups in total. The zero-order chi connectivity index (χ0) is 31.1. The zero-order valence-corrected chi connectivity index (χ0v) is 24.5. The second-order valence-corrected chi connectivity index (χ2v) is 11.9. The molecule has 0 spiro atoms. The Bertz CT molecular complexity index is 1850. The van der Waals surface area contributed by atoms with Crippen molar-refractivity contribution in [1.29, 1.82) is 0 Å². The van der Waals surface area contributed by atoms with Gasteiger partial charge in [0.25, 0.3) is 5.69 Å². The van der Waals surface area contributed by atoms with Gasteiger partial charge < -0.3 is 14.5 Å². The maximum atomic E-state index is 13.8. The van der Waals surface area contributed by atoms with Crippen LogP contribution in [-0.4, -0.2) is 45.0 Å². The predicted octanol–water partition coefficient (Wildman–Crippen LogP) is 4.02. The number of amides is 3. The van der Waals surface area contributed by atoms with Gasteiger partial charge in [0, 0.05) is 17.8 Å². The largest absolute Gasteiger partial charge is 0.469 e. The van der Waals surface area contributed by atoms with Crippen molar-refractivity contribution in [2.45, 2.75) is 29.7 Å². The molecule has 4 aromatic rings. The topological polar surface area (TPSA) is 171 Å². The average Bonchev–Trinajstić information content (AvgIpc) is 3.70. The fraction of sp³-hybridized carbons (Fsp3) is 0.207. The molecule has 3 atom stereocenters. The normalized spacial score (nSPS) is 18.9. The van der Waals surface area contributed by atoms with Crippen molar-refractivity contribution < 1.29 is 33.3 Å². The molecule has 2 aromatic heterocycles. The Morgan fingerprint density at radius 2 is 1.77 bits per heavy atom. The molecule has 2 aliphatic rings. The van der Waals surface area contributed by atoms with Crippen LogP contribution in [0.2, 0.25) is 0 Å². The number of nitrogens with one attached hydrogen (secondary N) is 1. The first-order valence-corrected chi connectivity index (χ1v) is 15.0. The second kappa shape index (κ2) is 11.6. The highest BCUT2D eigenvalue weighted by atomic mass is 32.2. The van der Waals surface area contributed by atoms with E-state index in [9.17, 15) is 34.1 Å². The van der Waals surface area contributed by atoms with Gasteiger partial charge >= 0.3 is 10.8 Å². The number of benzene rings is 2. The number of hydrogen-bond acceptors (Lipinski definition) is 11. The molecule has 44 heavy (non-hydrogen) atoms. The van der Waals surface area contributed by atoms with Gasteiger partial charge in [-0.15, -0.1) is 0 Å². The van der Waals surface area contributed by atoms with Crippen LogP contribution in [0.25, 0.3) is 0 Å². The lowest BCUT2D eigenvalue weighted by Gasteiger charge is -2.29. The summed E-state index contributed by atoms with van der Waals surface area (Å²) in [6.07, 6.45) is 1.43.